The van der Waals surface area contributed by atoms with E-state index in [4.69, 9.17) is 16.3 Å². The molecule has 0 spiro atoms. The first-order chi connectivity index (χ1) is 8.24. The van der Waals surface area contributed by atoms with Crippen molar-refractivity contribution in [2.24, 2.45) is 11.8 Å². The van der Waals surface area contributed by atoms with Gasteiger partial charge in [-0.15, -0.1) is 16.7 Å². The highest BCUT2D eigenvalue weighted by Gasteiger charge is 2.26. The molecule has 1 aromatic rings. The summed E-state index contributed by atoms with van der Waals surface area (Å²) < 4.78 is 7.17. The third-order valence-electron chi connectivity index (χ3n) is 3.16. The average molecular weight is 258 g/mol. The van der Waals surface area contributed by atoms with E-state index in [0.29, 0.717) is 11.8 Å². The van der Waals surface area contributed by atoms with Gasteiger partial charge >= 0.3 is 0 Å². The van der Waals surface area contributed by atoms with Crippen molar-refractivity contribution in [2.75, 3.05) is 13.7 Å². The van der Waals surface area contributed by atoms with Crippen LogP contribution in [0.3, 0.4) is 0 Å². The normalized spacial score (nSPS) is 17.4. The fraction of sp³-hybridized carbons (Fsp3) is 0.833. The molecule has 0 N–H and O–H groups in total. The summed E-state index contributed by atoms with van der Waals surface area (Å²) >= 11 is 5.91. The summed E-state index contributed by atoms with van der Waals surface area (Å²) in [6, 6.07) is 0. The fourth-order valence-electron chi connectivity index (χ4n) is 2.07. The minimum Gasteiger partial charge on any atom is -0.384 e. The monoisotopic (exact) mass is 257 g/mol. The van der Waals surface area contributed by atoms with Crippen LogP contribution in [0.1, 0.15) is 31.2 Å². The minimum absolute atomic E-state index is 0.447. The Hall–Kier alpha value is -0.610. The number of nitrogens with zero attached hydrogens (tertiary/aromatic N) is 3. The molecule has 0 saturated heterocycles. The average Bonchev–Trinajstić information content (AvgIpc) is 3.03. The SMILES string of the molecule is COCC(C)Cn1nnc(CCl)c1CC1CC1. The van der Waals surface area contributed by atoms with Crippen LogP contribution < -0.4 is 0 Å². The van der Waals surface area contributed by atoms with Gasteiger partial charge in [-0.2, -0.15) is 0 Å². The highest BCUT2D eigenvalue weighted by molar-refractivity contribution is 6.16. The maximum atomic E-state index is 5.91. The van der Waals surface area contributed by atoms with Crippen LogP contribution in [0, 0.1) is 11.8 Å². The fourth-order valence-corrected chi connectivity index (χ4v) is 2.28. The van der Waals surface area contributed by atoms with Gasteiger partial charge < -0.3 is 4.74 Å². The van der Waals surface area contributed by atoms with Crippen molar-refractivity contribution in [3.63, 3.8) is 0 Å². The number of alkyl halides is 1. The van der Waals surface area contributed by atoms with Crippen LogP contribution >= 0.6 is 11.6 Å². The third kappa shape index (κ3) is 3.42. The van der Waals surface area contributed by atoms with Gasteiger partial charge in [-0.05, 0) is 31.1 Å². The molecule has 0 radical (unpaired) electrons. The third-order valence-corrected chi connectivity index (χ3v) is 3.41. The number of ether oxygens (including phenoxy) is 1. The van der Waals surface area contributed by atoms with Gasteiger partial charge in [0, 0.05) is 13.7 Å². The lowest BCUT2D eigenvalue weighted by Gasteiger charge is -2.12. The van der Waals surface area contributed by atoms with Gasteiger partial charge in [-0.3, -0.25) is 0 Å². The Morgan fingerprint density at radius 1 is 1.53 bits per heavy atom. The van der Waals surface area contributed by atoms with E-state index in [0.717, 1.165) is 31.2 Å². The molecule has 2 rings (SSSR count). The maximum Gasteiger partial charge on any atom is 0.101 e. The van der Waals surface area contributed by atoms with Gasteiger partial charge in [0.25, 0.3) is 0 Å². The number of rotatable bonds is 7. The Labute approximate surface area is 107 Å². The minimum atomic E-state index is 0.447. The van der Waals surface area contributed by atoms with Crippen LogP contribution in [0.5, 0.6) is 0 Å². The molecule has 1 aliphatic rings. The molecule has 1 saturated carbocycles. The second-order valence-corrected chi connectivity index (χ2v) is 5.27. The van der Waals surface area contributed by atoms with E-state index in [2.05, 4.69) is 17.2 Å². The van der Waals surface area contributed by atoms with E-state index in [9.17, 15) is 0 Å². The molecule has 96 valence electrons. The molecule has 1 aliphatic carbocycles. The highest BCUT2D eigenvalue weighted by Crippen LogP contribution is 2.33. The van der Waals surface area contributed by atoms with Gasteiger partial charge in [-0.1, -0.05) is 12.1 Å². The van der Waals surface area contributed by atoms with Crippen molar-refractivity contribution in [2.45, 2.75) is 38.6 Å². The number of hydrogen-bond donors (Lipinski definition) is 0. The molecule has 1 atom stereocenters. The molecule has 4 nitrogen and oxygen atoms in total. The molecular formula is C12H20ClN3O. The van der Waals surface area contributed by atoms with E-state index in [1.54, 1.807) is 7.11 Å². The van der Waals surface area contributed by atoms with Gasteiger partial charge in [0.15, 0.2) is 0 Å². The molecule has 0 bridgehead atoms. The quantitative estimate of drug-likeness (QED) is 0.704. The van der Waals surface area contributed by atoms with E-state index < -0.39 is 0 Å². The zero-order chi connectivity index (χ0) is 12.3. The summed E-state index contributed by atoms with van der Waals surface area (Å²) in [4.78, 5) is 0. The van der Waals surface area contributed by atoms with Crippen LogP contribution in [-0.4, -0.2) is 28.7 Å². The van der Waals surface area contributed by atoms with Crippen molar-refractivity contribution in [3.05, 3.63) is 11.4 Å². The van der Waals surface area contributed by atoms with Gasteiger partial charge in [-0.25, -0.2) is 4.68 Å². The molecule has 17 heavy (non-hydrogen) atoms. The summed E-state index contributed by atoms with van der Waals surface area (Å²) in [6.07, 6.45) is 3.75. The Morgan fingerprint density at radius 2 is 2.29 bits per heavy atom. The van der Waals surface area contributed by atoms with Gasteiger partial charge in [0.2, 0.25) is 0 Å². The molecular weight excluding hydrogens is 238 g/mol. The number of hydrogen-bond acceptors (Lipinski definition) is 3. The molecule has 1 fully saturated rings. The maximum absolute atomic E-state index is 5.91. The Bertz CT molecular complexity index is 363. The summed E-state index contributed by atoms with van der Waals surface area (Å²) in [6.45, 7) is 3.77. The smallest absolute Gasteiger partial charge is 0.101 e. The zero-order valence-electron chi connectivity index (χ0n) is 10.5. The molecule has 0 amide bonds. The first-order valence-electron chi connectivity index (χ1n) is 6.20. The summed E-state index contributed by atoms with van der Waals surface area (Å²) in [5.74, 6) is 1.73. The molecule has 0 aliphatic heterocycles. The number of aromatic nitrogens is 3. The van der Waals surface area contributed by atoms with Crippen molar-refractivity contribution >= 4 is 11.6 Å². The number of methoxy groups -OCH3 is 1. The van der Waals surface area contributed by atoms with Crippen molar-refractivity contribution < 1.29 is 4.74 Å². The van der Waals surface area contributed by atoms with Crippen LogP contribution in [0.15, 0.2) is 0 Å². The Kier molecular flexibility index (Phi) is 4.40. The lowest BCUT2D eigenvalue weighted by Crippen LogP contribution is -2.16. The highest BCUT2D eigenvalue weighted by atomic mass is 35.5. The van der Waals surface area contributed by atoms with E-state index in [1.807, 2.05) is 4.68 Å². The Balaban J connectivity index is 2.06. The summed E-state index contributed by atoms with van der Waals surface area (Å²) in [7, 11) is 1.73. The Morgan fingerprint density at radius 3 is 2.88 bits per heavy atom. The first-order valence-corrected chi connectivity index (χ1v) is 6.74. The van der Waals surface area contributed by atoms with Crippen molar-refractivity contribution in [1.29, 1.82) is 0 Å². The standard InChI is InChI=1S/C12H20ClN3O/c1-9(8-17-2)7-16-12(5-10-3-4-10)11(6-13)14-15-16/h9-10H,3-8H2,1-2H3. The predicted octanol–water partition coefficient (Wildman–Crippen LogP) is 2.25. The molecule has 0 aromatic carbocycles. The van der Waals surface area contributed by atoms with Crippen molar-refractivity contribution in [3.8, 4) is 0 Å². The lowest BCUT2D eigenvalue weighted by molar-refractivity contribution is 0.148. The topological polar surface area (TPSA) is 39.9 Å². The summed E-state index contributed by atoms with van der Waals surface area (Å²) in [5, 5.41) is 8.39. The van der Waals surface area contributed by atoms with Crippen LogP contribution in [0.4, 0.5) is 0 Å². The first kappa shape index (κ1) is 12.8. The second-order valence-electron chi connectivity index (χ2n) is 5.01. The molecule has 1 aromatic heterocycles. The van der Waals surface area contributed by atoms with Crippen LogP contribution in [0.2, 0.25) is 0 Å². The number of halogens is 1. The van der Waals surface area contributed by atoms with E-state index >= 15 is 0 Å². The van der Waals surface area contributed by atoms with Crippen LogP contribution in [0.25, 0.3) is 0 Å². The van der Waals surface area contributed by atoms with Gasteiger partial charge in [0.1, 0.15) is 5.69 Å². The lowest BCUT2D eigenvalue weighted by atomic mass is 10.1. The van der Waals surface area contributed by atoms with E-state index in [1.165, 1.54) is 18.5 Å². The molecule has 1 heterocycles. The molecule has 1 unspecified atom stereocenters. The predicted molar refractivity (Wildman–Crippen MR) is 67.0 cm³/mol. The summed E-state index contributed by atoms with van der Waals surface area (Å²) in [5.41, 5.74) is 2.17. The largest absolute Gasteiger partial charge is 0.384 e. The second kappa shape index (κ2) is 5.83. The van der Waals surface area contributed by atoms with Gasteiger partial charge in [0.05, 0.1) is 18.2 Å². The molecule has 5 heteroatoms. The zero-order valence-corrected chi connectivity index (χ0v) is 11.3. The van der Waals surface area contributed by atoms with E-state index in [-0.39, 0.29) is 0 Å². The van der Waals surface area contributed by atoms with Crippen LogP contribution in [-0.2, 0) is 23.6 Å². The van der Waals surface area contributed by atoms with Crippen molar-refractivity contribution in [1.82, 2.24) is 15.0 Å².